The highest BCUT2D eigenvalue weighted by atomic mass is 16.5. The largest absolute Gasteiger partial charge is 0.368 e. The summed E-state index contributed by atoms with van der Waals surface area (Å²) >= 11 is 0. The van der Waals surface area contributed by atoms with Crippen molar-refractivity contribution in [3.63, 3.8) is 0 Å². The van der Waals surface area contributed by atoms with Crippen LogP contribution in [-0.2, 0) is 20.9 Å². The molecular formula is C19H29N3O3. The van der Waals surface area contributed by atoms with Gasteiger partial charge in [-0.25, -0.2) is 0 Å². The third-order valence-electron chi connectivity index (χ3n) is 5.10. The number of hydrogen-bond donors (Lipinski definition) is 3. The molecule has 1 fully saturated rings. The Morgan fingerprint density at radius 2 is 2.08 bits per heavy atom. The Morgan fingerprint density at radius 1 is 1.32 bits per heavy atom. The minimum atomic E-state index is -0.508. The van der Waals surface area contributed by atoms with Crippen molar-refractivity contribution in [1.29, 1.82) is 0 Å². The van der Waals surface area contributed by atoms with Crippen molar-refractivity contribution in [2.75, 3.05) is 18.5 Å². The molecule has 25 heavy (non-hydrogen) atoms. The summed E-state index contributed by atoms with van der Waals surface area (Å²) in [4.78, 5) is 24.6. The molecule has 0 aromatic heterocycles. The second-order valence-corrected chi connectivity index (χ2v) is 6.57. The molecule has 0 spiro atoms. The molecule has 2 rings (SSSR count). The van der Waals surface area contributed by atoms with Crippen molar-refractivity contribution in [3.05, 3.63) is 29.8 Å². The number of ether oxygens (including phenoxy) is 1. The summed E-state index contributed by atoms with van der Waals surface area (Å²) in [6.07, 6.45) is 2.74. The highest BCUT2D eigenvalue weighted by Gasteiger charge is 2.32. The molecule has 1 aliphatic rings. The molecule has 1 atom stereocenters. The second kappa shape index (κ2) is 8.97. The van der Waals surface area contributed by atoms with Gasteiger partial charge in [-0.2, -0.15) is 0 Å². The number of hydrogen-bond acceptors (Lipinski definition) is 4. The molecule has 1 heterocycles. The normalized spacial score (nSPS) is 17.3. The van der Waals surface area contributed by atoms with Gasteiger partial charge < -0.3 is 21.1 Å². The predicted molar refractivity (Wildman–Crippen MR) is 98.0 cm³/mol. The van der Waals surface area contributed by atoms with Gasteiger partial charge in [0, 0.05) is 25.4 Å². The molecular weight excluding hydrogens is 318 g/mol. The zero-order chi connectivity index (χ0) is 18.3. The summed E-state index contributed by atoms with van der Waals surface area (Å²) in [5.41, 5.74) is 6.95. The van der Waals surface area contributed by atoms with E-state index < -0.39 is 5.41 Å². The van der Waals surface area contributed by atoms with Crippen LogP contribution < -0.4 is 16.4 Å². The van der Waals surface area contributed by atoms with Crippen molar-refractivity contribution in [1.82, 2.24) is 5.32 Å². The summed E-state index contributed by atoms with van der Waals surface area (Å²) in [5, 5.41) is 5.85. The molecule has 4 N–H and O–H groups in total. The number of benzene rings is 1. The van der Waals surface area contributed by atoms with Crippen LogP contribution in [0.2, 0.25) is 0 Å². The maximum absolute atomic E-state index is 12.5. The molecule has 6 heteroatoms. The molecule has 1 aliphatic heterocycles. The van der Waals surface area contributed by atoms with Crippen molar-refractivity contribution in [2.24, 2.45) is 11.1 Å². The van der Waals surface area contributed by atoms with Crippen LogP contribution in [0.4, 0.5) is 5.69 Å². The molecule has 1 aromatic rings. The number of rotatable bonds is 8. The Labute approximate surface area is 149 Å². The third kappa shape index (κ3) is 4.80. The average molecular weight is 347 g/mol. The van der Waals surface area contributed by atoms with Gasteiger partial charge >= 0.3 is 0 Å². The van der Waals surface area contributed by atoms with Crippen molar-refractivity contribution in [3.8, 4) is 0 Å². The van der Waals surface area contributed by atoms with E-state index in [1.165, 1.54) is 0 Å². The molecule has 1 aromatic carbocycles. The SMILES string of the molecule is CCC(CC)(CN)C(=O)NCc1cccc(NC(=O)C2CCCO2)c1. The van der Waals surface area contributed by atoms with Crippen molar-refractivity contribution >= 4 is 17.5 Å². The molecule has 0 aliphatic carbocycles. The molecule has 138 valence electrons. The van der Waals surface area contributed by atoms with Crippen LogP contribution >= 0.6 is 0 Å². The second-order valence-electron chi connectivity index (χ2n) is 6.57. The molecule has 0 radical (unpaired) electrons. The van der Waals surface area contributed by atoms with E-state index >= 15 is 0 Å². The molecule has 1 saturated heterocycles. The fourth-order valence-corrected chi connectivity index (χ4v) is 3.09. The van der Waals surface area contributed by atoms with E-state index in [4.69, 9.17) is 10.5 Å². The predicted octanol–water partition coefficient (Wildman–Crippen LogP) is 2.19. The first-order valence-electron chi connectivity index (χ1n) is 9.04. The van der Waals surface area contributed by atoms with E-state index in [1.807, 2.05) is 38.1 Å². The molecule has 0 saturated carbocycles. The Kier molecular flexibility index (Phi) is 6.96. The van der Waals surface area contributed by atoms with Gasteiger partial charge in [0.25, 0.3) is 5.91 Å². The lowest BCUT2D eigenvalue weighted by Crippen LogP contribution is -2.45. The smallest absolute Gasteiger partial charge is 0.253 e. The lowest BCUT2D eigenvalue weighted by atomic mass is 9.81. The number of nitrogens with two attached hydrogens (primary N) is 1. The van der Waals surface area contributed by atoms with Gasteiger partial charge in [-0.1, -0.05) is 26.0 Å². The van der Waals surface area contributed by atoms with Gasteiger partial charge in [0.1, 0.15) is 6.10 Å². The summed E-state index contributed by atoms with van der Waals surface area (Å²) < 4.78 is 5.39. The van der Waals surface area contributed by atoms with Crippen LogP contribution in [0.1, 0.15) is 45.1 Å². The molecule has 0 bridgehead atoms. The van der Waals surface area contributed by atoms with Crippen LogP contribution in [-0.4, -0.2) is 31.1 Å². The van der Waals surface area contributed by atoms with Crippen molar-refractivity contribution in [2.45, 2.75) is 52.2 Å². The molecule has 6 nitrogen and oxygen atoms in total. The van der Waals surface area contributed by atoms with Gasteiger partial charge in [0.2, 0.25) is 5.91 Å². The lowest BCUT2D eigenvalue weighted by Gasteiger charge is -2.28. The van der Waals surface area contributed by atoms with Crippen LogP contribution in [0.3, 0.4) is 0 Å². The Bertz CT molecular complexity index is 585. The van der Waals surface area contributed by atoms with E-state index in [0.717, 1.165) is 18.4 Å². The maximum Gasteiger partial charge on any atom is 0.253 e. The number of nitrogens with one attached hydrogen (secondary N) is 2. The Balaban J connectivity index is 1.94. The number of carbonyl (C=O) groups excluding carboxylic acids is 2. The van der Waals surface area contributed by atoms with Gasteiger partial charge in [-0.3, -0.25) is 9.59 Å². The monoisotopic (exact) mass is 347 g/mol. The minimum absolute atomic E-state index is 0.0196. The Hall–Kier alpha value is -1.92. The van der Waals surface area contributed by atoms with Gasteiger partial charge in [0.05, 0.1) is 5.41 Å². The van der Waals surface area contributed by atoms with Gasteiger partial charge in [-0.05, 0) is 43.4 Å². The van der Waals surface area contributed by atoms with E-state index in [-0.39, 0.29) is 17.9 Å². The zero-order valence-corrected chi connectivity index (χ0v) is 15.1. The van der Waals surface area contributed by atoms with Gasteiger partial charge in [-0.15, -0.1) is 0 Å². The number of carbonyl (C=O) groups is 2. The lowest BCUT2D eigenvalue weighted by molar-refractivity contribution is -0.131. The van der Waals surface area contributed by atoms with Gasteiger partial charge in [0.15, 0.2) is 0 Å². The fourth-order valence-electron chi connectivity index (χ4n) is 3.09. The number of anilines is 1. The summed E-state index contributed by atoms with van der Waals surface area (Å²) in [6.45, 7) is 5.35. The number of amides is 2. The molecule has 2 amide bonds. The summed E-state index contributed by atoms with van der Waals surface area (Å²) in [7, 11) is 0. The van der Waals surface area contributed by atoms with E-state index in [1.54, 1.807) is 0 Å². The van der Waals surface area contributed by atoms with E-state index in [9.17, 15) is 9.59 Å². The minimum Gasteiger partial charge on any atom is -0.368 e. The third-order valence-corrected chi connectivity index (χ3v) is 5.10. The summed E-state index contributed by atoms with van der Waals surface area (Å²) in [6, 6.07) is 7.49. The van der Waals surface area contributed by atoms with Crippen LogP contribution in [0.25, 0.3) is 0 Å². The first kappa shape index (κ1) is 19.4. The topological polar surface area (TPSA) is 93.5 Å². The average Bonchev–Trinajstić information content (AvgIpc) is 3.17. The van der Waals surface area contributed by atoms with Crippen LogP contribution in [0, 0.1) is 5.41 Å². The molecule has 1 unspecified atom stereocenters. The first-order valence-corrected chi connectivity index (χ1v) is 9.04. The standard InChI is InChI=1S/C19H29N3O3/c1-3-19(4-2,13-20)18(24)21-12-14-7-5-8-15(11-14)22-17(23)16-9-6-10-25-16/h5,7-8,11,16H,3-4,6,9-10,12-13,20H2,1-2H3,(H,21,24)(H,22,23). The van der Waals surface area contributed by atoms with E-state index in [2.05, 4.69) is 10.6 Å². The maximum atomic E-state index is 12.5. The van der Waals surface area contributed by atoms with Crippen molar-refractivity contribution < 1.29 is 14.3 Å². The quantitative estimate of drug-likeness (QED) is 0.672. The van der Waals surface area contributed by atoms with E-state index in [0.29, 0.717) is 38.2 Å². The van der Waals surface area contributed by atoms with Crippen LogP contribution in [0.15, 0.2) is 24.3 Å². The zero-order valence-electron chi connectivity index (χ0n) is 15.1. The first-order chi connectivity index (χ1) is 12.0. The summed E-state index contributed by atoms with van der Waals surface area (Å²) in [5.74, 6) is -0.133. The highest BCUT2D eigenvalue weighted by molar-refractivity contribution is 5.94. The fraction of sp³-hybridized carbons (Fsp3) is 0.579. The van der Waals surface area contributed by atoms with Crippen LogP contribution in [0.5, 0.6) is 0 Å². The highest BCUT2D eigenvalue weighted by Crippen LogP contribution is 2.25. The Morgan fingerprint density at radius 3 is 2.68 bits per heavy atom.